The highest BCUT2D eigenvalue weighted by molar-refractivity contribution is 5.41. The predicted molar refractivity (Wildman–Crippen MR) is 71.5 cm³/mol. The summed E-state index contributed by atoms with van der Waals surface area (Å²) in [5, 5.41) is 7.87. The first-order valence-electron chi connectivity index (χ1n) is 5.62. The minimum absolute atomic E-state index is 0.427. The van der Waals surface area contributed by atoms with Crippen LogP contribution in [0.2, 0.25) is 0 Å². The van der Waals surface area contributed by atoms with Gasteiger partial charge >= 0.3 is 0 Å². The second-order valence-electron chi connectivity index (χ2n) is 4.02. The standard InChI is InChI=1S/C13H16N4O/c1-17(13-8-7-12(14)15-16-13)9-10-3-5-11(18-2)6-4-10/h3-8H,9H2,1-2H3,(H2,14,15). The van der Waals surface area contributed by atoms with E-state index in [0.29, 0.717) is 5.82 Å². The first-order chi connectivity index (χ1) is 8.69. The number of ether oxygens (including phenoxy) is 1. The van der Waals surface area contributed by atoms with Gasteiger partial charge in [0, 0.05) is 13.6 Å². The third-order valence-electron chi connectivity index (χ3n) is 2.64. The first-order valence-corrected chi connectivity index (χ1v) is 5.62. The van der Waals surface area contributed by atoms with Crippen molar-refractivity contribution in [3.05, 3.63) is 42.0 Å². The Hall–Kier alpha value is -2.30. The van der Waals surface area contributed by atoms with Crippen molar-refractivity contribution in [1.29, 1.82) is 0 Å². The van der Waals surface area contributed by atoms with Gasteiger partial charge in [-0.25, -0.2) is 0 Å². The molecule has 0 amide bonds. The third-order valence-corrected chi connectivity index (χ3v) is 2.64. The van der Waals surface area contributed by atoms with Crippen molar-refractivity contribution in [2.24, 2.45) is 0 Å². The molecule has 1 aromatic carbocycles. The van der Waals surface area contributed by atoms with Crippen LogP contribution in [0.25, 0.3) is 0 Å². The van der Waals surface area contributed by atoms with E-state index in [4.69, 9.17) is 10.5 Å². The van der Waals surface area contributed by atoms with Gasteiger partial charge in [0.1, 0.15) is 11.6 Å². The Bertz CT molecular complexity index is 495. The molecule has 0 spiro atoms. The number of rotatable bonds is 4. The Morgan fingerprint density at radius 2 is 1.83 bits per heavy atom. The quantitative estimate of drug-likeness (QED) is 0.886. The molecule has 0 bridgehead atoms. The van der Waals surface area contributed by atoms with Crippen molar-refractivity contribution in [3.8, 4) is 5.75 Å². The van der Waals surface area contributed by atoms with Gasteiger partial charge in [0.15, 0.2) is 5.82 Å². The lowest BCUT2D eigenvalue weighted by molar-refractivity contribution is 0.414. The van der Waals surface area contributed by atoms with Crippen molar-refractivity contribution in [2.75, 3.05) is 24.8 Å². The van der Waals surface area contributed by atoms with E-state index in [0.717, 1.165) is 18.1 Å². The van der Waals surface area contributed by atoms with Crippen LogP contribution in [0, 0.1) is 0 Å². The van der Waals surface area contributed by atoms with Crippen molar-refractivity contribution >= 4 is 11.6 Å². The number of hydrogen-bond acceptors (Lipinski definition) is 5. The van der Waals surface area contributed by atoms with E-state index >= 15 is 0 Å². The molecule has 0 saturated heterocycles. The van der Waals surface area contributed by atoms with E-state index < -0.39 is 0 Å². The monoisotopic (exact) mass is 244 g/mol. The van der Waals surface area contributed by atoms with Gasteiger partial charge in [-0.05, 0) is 29.8 Å². The summed E-state index contributed by atoms with van der Waals surface area (Å²) in [7, 11) is 3.62. The van der Waals surface area contributed by atoms with Gasteiger partial charge in [0.2, 0.25) is 0 Å². The summed E-state index contributed by atoms with van der Waals surface area (Å²) in [6.07, 6.45) is 0. The maximum Gasteiger partial charge on any atom is 0.151 e. The van der Waals surface area contributed by atoms with Gasteiger partial charge in [0.25, 0.3) is 0 Å². The molecule has 2 aromatic rings. The zero-order chi connectivity index (χ0) is 13.0. The van der Waals surface area contributed by atoms with Gasteiger partial charge in [-0.3, -0.25) is 0 Å². The van der Waals surface area contributed by atoms with Crippen molar-refractivity contribution in [2.45, 2.75) is 6.54 Å². The molecular formula is C13H16N4O. The normalized spacial score (nSPS) is 10.1. The molecule has 2 N–H and O–H groups in total. The van der Waals surface area contributed by atoms with Gasteiger partial charge in [-0.15, -0.1) is 10.2 Å². The van der Waals surface area contributed by atoms with E-state index in [9.17, 15) is 0 Å². The van der Waals surface area contributed by atoms with Crippen LogP contribution >= 0.6 is 0 Å². The van der Waals surface area contributed by atoms with Crippen molar-refractivity contribution in [3.63, 3.8) is 0 Å². The highest BCUT2D eigenvalue weighted by Gasteiger charge is 2.04. The summed E-state index contributed by atoms with van der Waals surface area (Å²) in [5.74, 6) is 2.07. The average molecular weight is 244 g/mol. The van der Waals surface area contributed by atoms with Crippen LogP contribution in [0.4, 0.5) is 11.6 Å². The molecule has 0 aliphatic rings. The molecule has 0 radical (unpaired) electrons. The number of nitrogens with two attached hydrogens (primary N) is 1. The van der Waals surface area contributed by atoms with Crippen molar-refractivity contribution < 1.29 is 4.74 Å². The maximum absolute atomic E-state index is 5.51. The molecule has 5 heteroatoms. The van der Waals surface area contributed by atoms with Crippen LogP contribution in [-0.4, -0.2) is 24.4 Å². The fraction of sp³-hybridized carbons (Fsp3) is 0.231. The lowest BCUT2D eigenvalue weighted by Crippen LogP contribution is -2.18. The number of aromatic nitrogens is 2. The van der Waals surface area contributed by atoms with E-state index in [2.05, 4.69) is 10.2 Å². The number of nitrogens with zero attached hydrogens (tertiary/aromatic N) is 3. The number of methoxy groups -OCH3 is 1. The highest BCUT2D eigenvalue weighted by Crippen LogP contribution is 2.15. The van der Waals surface area contributed by atoms with Crippen LogP contribution in [0.3, 0.4) is 0 Å². The molecule has 1 aromatic heterocycles. The van der Waals surface area contributed by atoms with E-state index in [1.54, 1.807) is 13.2 Å². The number of anilines is 2. The Morgan fingerprint density at radius 1 is 1.11 bits per heavy atom. The van der Waals surface area contributed by atoms with Crippen molar-refractivity contribution in [1.82, 2.24) is 10.2 Å². The van der Waals surface area contributed by atoms with Gasteiger partial charge in [0.05, 0.1) is 7.11 Å². The largest absolute Gasteiger partial charge is 0.497 e. The molecule has 0 aliphatic heterocycles. The molecule has 2 rings (SSSR count). The maximum atomic E-state index is 5.51. The first kappa shape index (κ1) is 12.2. The zero-order valence-electron chi connectivity index (χ0n) is 10.5. The number of nitrogen functional groups attached to an aromatic ring is 1. The lowest BCUT2D eigenvalue weighted by atomic mass is 10.2. The number of benzene rings is 1. The third kappa shape index (κ3) is 2.88. The summed E-state index contributed by atoms with van der Waals surface area (Å²) in [6.45, 7) is 0.753. The summed E-state index contributed by atoms with van der Waals surface area (Å²) < 4.78 is 5.12. The lowest BCUT2D eigenvalue weighted by Gasteiger charge is -2.17. The summed E-state index contributed by atoms with van der Waals surface area (Å²) >= 11 is 0. The highest BCUT2D eigenvalue weighted by atomic mass is 16.5. The second kappa shape index (κ2) is 5.35. The Morgan fingerprint density at radius 3 is 2.39 bits per heavy atom. The summed E-state index contributed by atoms with van der Waals surface area (Å²) in [6, 6.07) is 11.5. The second-order valence-corrected chi connectivity index (χ2v) is 4.02. The van der Waals surface area contributed by atoms with E-state index in [1.165, 1.54) is 5.56 Å². The molecule has 0 aliphatic carbocycles. The predicted octanol–water partition coefficient (Wildman–Crippen LogP) is 1.70. The van der Waals surface area contributed by atoms with Crippen LogP contribution in [0.15, 0.2) is 36.4 Å². The molecule has 0 unspecified atom stereocenters. The molecule has 0 saturated carbocycles. The topological polar surface area (TPSA) is 64.3 Å². The van der Waals surface area contributed by atoms with Crippen LogP contribution < -0.4 is 15.4 Å². The average Bonchev–Trinajstić information content (AvgIpc) is 2.40. The van der Waals surface area contributed by atoms with Gasteiger partial charge < -0.3 is 15.4 Å². The van der Waals surface area contributed by atoms with Gasteiger partial charge in [-0.1, -0.05) is 12.1 Å². The van der Waals surface area contributed by atoms with Crippen LogP contribution in [0.5, 0.6) is 5.75 Å². The minimum atomic E-state index is 0.427. The van der Waals surface area contributed by atoms with E-state index in [1.807, 2.05) is 42.3 Å². The smallest absolute Gasteiger partial charge is 0.151 e. The fourth-order valence-electron chi connectivity index (χ4n) is 1.62. The molecular weight excluding hydrogens is 228 g/mol. The Kier molecular flexibility index (Phi) is 3.62. The molecule has 94 valence electrons. The Labute approximate surface area is 106 Å². The molecule has 1 heterocycles. The summed E-state index contributed by atoms with van der Waals surface area (Å²) in [5.41, 5.74) is 6.68. The van der Waals surface area contributed by atoms with Crippen LogP contribution in [0.1, 0.15) is 5.56 Å². The van der Waals surface area contributed by atoms with E-state index in [-0.39, 0.29) is 0 Å². The number of hydrogen-bond donors (Lipinski definition) is 1. The Balaban J connectivity index is 2.05. The van der Waals surface area contributed by atoms with Gasteiger partial charge in [-0.2, -0.15) is 0 Å². The molecule has 18 heavy (non-hydrogen) atoms. The van der Waals surface area contributed by atoms with Crippen LogP contribution in [-0.2, 0) is 6.54 Å². The fourth-order valence-corrected chi connectivity index (χ4v) is 1.62. The minimum Gasteiger partial charge on any atom is -0.497 e. The zero-order valence-corrected chi connectivity index (χ0v) is 10.5. The summed E-state index contributed by atoms with van der Waals surface area (Å²) in [4.78, 5) is 2.01. The molecule has 0 fully saturated rings. The SMILES string of the molecule is COc1ccc(CN(C)c2ccc(N)nn2)cc1. The molecule has 0 atom stereocenters. The molecule has 5 nitrogen and oxygen atoms in total.